The molecule has 1 saturated carbocycles. The molecule has 5 nitrogen and oxygen atoms in total. The number of likely N-dealkylation sites (tertiary alicyclic amines) is 1. The van der Waals surface area contributed by atoms with Gasteiger partial charge in [-0.2, -0.15) is 0 Å². The molecule has 0 aromatic carbocycles. The third kappa shape index (κ3) is 2.65. The summed E-state index contributed by atoms with van der Waals surface area (Å²) in [5.74, 6) is 1.43. The van der Waals surface area contributed by atoms with Crippen molar-refractivity contribution in [3.05, 3.63) is 36.8 Å². The van der Waals surface area contributed by atoms with Crippen molar-refractivity contribution in [1.29, 1.82) is 0 Å². The van der Waals surface area contributed by atoms with Crippen LogP contribution in [-0.2, 0) is 0 Å². The molecule has 3 heterocycles. The van der Waals surface area contributed by atoms with E-state index >= 15 is 0 Å². The SMILES string of the molecule is c1cn(-c2nccnc2[C@H]2CCCN(C3CCCC3)C2)cn1. The Labute approximate surface area is 131 Å². The maximum Gasteiger partial charge on any atom is 0.160 e. The van der Waals surface area contributed by atoms with Gasteiger partial charge in [0.25, 0.3) is 0 Å². The van der Waals surface area contributed by atoms with E-state index < -0.39 is 0 Å². The minimum atomic E-state index is 0.487. The van der Waals surface area contributed by atoms with Crippen molar-refractivity contribution in [2.75, 3.05) is 13.1 Å². The number of imidazole rings is 1. The van der Waals surface area contributed by atoms with Gasteiger partial charge in [-0.1, -0.05) is 12.8 Å². The van der Waals surface area contributed by atoms with Gasteiger partial charge in [-0.3, -0.25) is 14.5 Å². The zero-order valence-corrected chi connectivity index (χ0v) is 12.9. The van der Waals surface area contributed by atoms with Crippen molar-refractivity contribution in [2.24, 2.45) is 0 Å². The van der Waals surface area contributed by atoms with Crippen LogP contribution in [0.1, 0.15) is 50.1 Å². The van der Waals surface area contributed by atoms with Gasteiger partial charge in [0.05, 0.1) is 5.69 Å². The second-order valence-electron chi connectivity index (χ2n) is 6.51. The Hall–Kier alpha value is -1.75. The first-order valence-corrected chi connectivity index (χ1v) is 8.45. The fourth-order valence-electron chi connectivity index (χ4n) is 4.04. The molecule has 0 bridgehead atoms. The number of rotatable bonds is 3. The van der Waals surface area contributed by atoms with E-state index in [1.54, 1.807) is 12.4 Å². The summed E-state index contributed by atoms with van der Waals surface area (Å²) >= 11 is 0. The minimum absolute atomic E-state index is 0.487. The van der Waals surface area contributed by atoms with E-state index in [0.717, 1.165) is 24.1 Å². The Bertz CT molecular complexity index is 603. The molecule has 22 heavy (non-hydrogen) atoms. The zero-order valence-electron chi connectivity index (χ0n) is 12.9. The lowest BCUT2D eigenvalue weighted by Crippen LogP contribution is -2.41. The molecule has 2 aromatic rings. The van der Waals surface area contributed by atoms with Crippen LogP contribution in [0.4, 0.5) is 0 Å². The van der Waals surface area contributed by atoms with Crippen molar-refractivity contribution < 1.29 is 0 Å². The third-order valence-electron chi connectivity index (χ3n) is 5.14. The Balaban J connectivity index is 1.59. The van der Waals surface area contributed by atoms with E-state index in [-0.39, 0.29) is 0 Å². The third-order valence-corrected chi connectivity index (χ3v) is 5.14. The summed E-state index contributed by atoms with van der Waals surface area (Å²) in [5.41, 5.74) is 1.13. The molecule has 2 aliphatic rings. The van der Waals surface area contributed by atoms with Crippen LogP contribution in [0.2, 0.25) is 0 Å². The molecule has 0 amide bonds. The predicted octanol–water partition coefficient (Wildman–Crippen LogP) is 2.78. The number of aromatic nitrogens is 4. The first kappa shape index (κ1) is 13.9. The fraction of sp³-hybridized carbons (Fsp3) is 0.588. The van der Waals surface area contributed by atoms with Crippen LogP contribution >= 0.6 is 0 Å². The van der Waals surface area contributed by atoms with Gasteiger partial charge in [0.15, 0.2) is 5.82 Å². The molecule has 0 unspecified atom stereocenters. The Morgan fingerprint density at radius 2 is 1.82 bits per heavy atom. The quantitative estimate of drug-likeness (QED) is 0.874. The summed E-state index contributed by atoms with van der Waals surface area (Å²) in [5, 5.41) is 0. The lowest BCUT2D eigenvalue weighted by molar-refractivity contribution is 0.148. The summed E-state index contributed by atoms with van der Waals surface area (Å²) in [6.07, 6.45) is 17.2. The molecule has 1 aliphatic heterocycles. The summed E-state index contributed by atoms with van der Waals surface area (Å²) in [6, 6.07) is 0.802. The molecule has 0 radical (unpaired) electrons. The predicted molar refractivity (Wildman–Crippen MR) is 85.0 cm³/mol. The highest BCUT2D eigenvalue weighted by atomic mass is 15.2. The van der Waals surface area contributed by atoms with Gasteiger partial charge in [-0.15, -0.1) is 0 Å². The van der Waals surface area contributed by atoms with E-state index in [9.17, 15) is 0 Å². The molecule has 2 aromatic heterocycles. The largest absolute Gasteiger partial charge is 0.300 e. The van der Waals surface area contributed by atoms with Crippen LogP contribution < -0.4 is 0 Å². The number of piperidine rings is 1. The van der Waals surface area contributed by atoms with Gasteiger partial charge in [0.2, 0.25) is 0 Å². The Morgan fingerprint density at radius 1 is 0.955 bits per heavy atom. The molecular weight excluding hydrogens is 274 g/mol. The van der Waals surface area contributed by atoms with Gasteiger partial charge in [0, 0.05) is 43.3 Å². The molecule has 116 valence electrons. The molecule has 0 N–H and O–H groups in total. The second kappa shape index (κ2) is 6.16. The second-order valence-corrected chi connectivity index (χ2v) is 6.51. The summed E-state index contributed by atoms with van der Waals surface area (Å²) in [4.78, 5) is 16.1. The maximum absolute atomic E-state index is 4.68. The van der Waals surface area contributed by atoms with Crippen molar-refractivity contribution >= 4 is 0 Å². The van der Waals surface area contributed by atoms with Crippen molar-refractivity contribution in [3.8, 4) is 5.82 Å². The maximum atomic E-state index is 4.68. The van der Waals surface area contributed by atoms with Crippen molar-refractivity contribution in [2.45, 2.75) is 50.5 Å². The van der Waals surface area contributed by atoms with Crippen LogP contribution in [0.3, 0.4) is 0 Å². The number of hydrogen-bond donors (Lipinski definition) is 0. The first-order chi connectivity index (χ1) is 10.9. The van der Waals surface area contributed by atoms with Gasteiger partial charge in [-0.25, -0.2) is 9.97 Å². The monoisotopic (exact) mass is 297 g/mol. The van der Waals surface area contributed by atoms with Crippen LogP contribution in [0.25, 0.3) is 5.82 Å². The highest BCUT2D eigenvalue weighted by Gasteiger charge is 2.30. The molecule has 5 heteroatoms. The van der Waals surface area contributed by atoms with Crippen LogP contribution in [-0.4, -0.2) is 43.6 Å². The molecule has 1 aliphatic carbocycles. The number of hydrogen-bond acceptors (Lipinski definition) is 4. The zero-order chi connectivity index (χ0) is 14.8. The summed E-state index contributed by atoms with van der Waals surface area (Å²) in [6.45, 7) is 2.38. The Kier molecular flexibility index (Phi) is 3.89. The average Bonchev–Trinajstić information content (AvgIpc) is 3.28. The summed E-state index contributed by atoms with van der Waals surface area (Å²) in [7, 11) is 0. The van der Waals surface area contributed by atoms with Crippen LogP contribution in [0.5, 0.6) is 0 Å². The van der Waals surface area contributed by atoms with Crippen LogP contribution in [0.15, 0.2) is 31.1 Å². The minimum Gasteiger partial charge on any atom is -0.300 e. The fourth-order valence-corrected chi connectivity index (χ4v) is 4.04. The van der Waals surface area contributed by atoms with E-state index in [4.69, 9.17) is 0 Å². The van der Waals surface area contributed by atoms with E-state index in [0.29, 0.717) is 5.92 Å². The van der Waals surface area contributed by atoms with Gasteiger partial charge < -0.3 is 0 Å². The van der Waals surface area contributed by atoms with Crippen molar-refractivity contribution in [1.82, 2.24) is 24.4 Å². The molecule has 4 rings (SSSR count). The standard InChI is InChI=1S/C17H23N5/c1-2-6-15(5-1)21-10-3-4-14(12-21)16-17(20-8-7-19-16)22-11-9-18-13-22/h7-9,11,13-15H,1-6,10,12H2/t14-/m0/s1. The highest BCUT2D eigenvalue weighted by Crippen LogP contribution is 2.33. The molecule has 0 spiro atoms. The molecule has 1 atom stereocenters. The van der Waals surface area contributed by atoms with Gasteiger partial charge >= 0.3 is 0 Å². The first-order valence-electron chi connectivity index (χ1n) is 8.45. The van der Waals surface area contributed by atoms with Crippen molar-refractivity contribution in [3.63, 3.8) is 0 Å². The van der Waals surface area contributed by atoms with E-state index in [1.165, 1.54) is 45.1 Å². The lowest BCUT2D eigenvalue weighted by Gasteiger charge is -2.36. The molecule has 1 saturated heterocycles. The topological polar surface area (TPSA) is 46.8 Å². The summed E-state index contributed by atoms with van der Waals surface area (Å²) < 4.78 is 1.98. The highest BCUT2D eigenvalue weighted by molar-refractivity contribution is 5.31. The number of nitrogens with zero attached hydrogens (tertiary/aromatic N) is 5. The normalized spacial score (nSPS) is 23.9. The average molecular weight is 297 g/mol. The smallest absolute Gasteiger partial charge is 0.160 e. The van der Waals surface area contributed by atoms with Gasteiger partial charge in [0.1, 0.15) is 6.33 Å². The Morgan fingerprint density at radius 3 is 2.64 bits per heavy atom. The lowest BCUT2D eigenvalue weighted by atomic mass is 9.93. The van der Waals surface area contributed by atoms with E-state index in [2.05, 4.69) is 19.9 Å². The van der Waals surface area contributed by atoms with Gasteiger partial charge in [-0.05, 0) is 32.2 Å². The molecular formula is C17H23N5. The van der Waals surface area contributed by atoms with E-state index in [1.807, 2.05) is 23.3 Å². The van der Waals surface area contributed by atoms with Crippen LogP contribution in [0, 0.1) is 0 Å². The molecule has 2 fully saturated rings.